The second kappa shape index (κ2) is 25.9. The Morgan fingerprint density at radius 2 is 1.49 bits per heavy atom. The number of benzene rings is 4. The van der Waals surface area contributed by atoms with Gasteiger partial charge in [-0.2, -0.15) is 18.3 Å². The molecule has 76 heavy (non-hydrogen) atoms. The lowest BCUT2D eigenvalue weighted by molar-refractivity contribution is -0.144. The van der Waals surface area contributed by atoms with Crippen LogP contribution in [0.15, 0.2) is 84.5 Å². The summed E-state index contributed by atoms with van der Waals surface area (Å²) >= 11 is 1.56. The minimum absolute atomic E-state index is 0.0182. The van der Waals surface area contributed by atoms with E-state index in [1.54, 1.807) is 40.7 Å². The fraction of sp³-hybridized carbons (Fsp3) is 0.446. The van der Waals surface area contributed by atoms with Gasteiger partial charge in [0.2, 0.25) is 23.6 Å². The Morgan fingerprint density at radius 3 is 2.14 bits per heavy atom. The molecular weight excluding hydrogens is 1000 g/mol. The third kappa shape index (κ3) is 15.4. The number of β-amino-alcohol motifs (C(OH)–C–C–N with tert-alkyl or cyclic N) is 1. The average molecular weight is 1070 g/mol. The van der Waals surface area contributed by atoms with Crippen LogP contribution in [0.4, 0.5) is 13.2 Å². The number of aromatic nitrogens is 3. The Bertz CT molecular complexity index is 2970. The number of aliphatic hydroxyl groups is 1. The molecule has 4 aromatic carbocycles. The van der Waals surface area contributed by atoms with Gasteiger partial charge in [0.15, 0.2) is 0 Å². The number of unbranched alkanes of at least 4 members (excludes halogenated alkanes) is 2. The molecule has 0 radical (unpaired) electrons. The van der Waals surface area contributed by atoms with E-state index in [1.807, 2.05) is 70.3 Å². The number of thiazole rings is 1. The smallest absolute Gasteiger partial charge is 0.391 e. The van der Waals surface area contributed by atoms with Gasteiger partial charge >= 0.3 is 6.18 Å². The van der Waals surface area contributed by atoms with E-state index < -0.39 is 41.2 Å². The van der Waals surface area contributed by atoms with Gasteiger partial charge in [0.05, 0.1) is 59.7 Å². The molecule has 0 aliphatic carbocycles. The van der Waals surface area contributed by atoms with Crippen LogP contribution in [0.2, 0.25) is 0 Å². The summed E-state index contributed by atoms with van der Waals surface area (Å²) in [4.78, 5) is 72.8. The molecule has 5 N–H and O–H groups in total. The zero-order valence-electron chi connectivity index (χ0n) is 43.6. The largest absolute Gasteiger partial charge is 0.416 e. The van der Waals surface area contributed by atoms with Crippen molar-refractivity contribution in [1.82, 2.24) is 40.9 Å². The quantitative estimate of drug-likeness (QED) is 0.0380. The number of carbonyl (C=O) groups is 5. The lowest BCUT2D eigenvalue weighted by Gasteiger charge is -2.35. The van der Waals surface area contributed by atoms with Gasteiger partial charge in [-0.1, -0.05) is 69.7 Å². The Labute approximate surface area is 444 Å². The second-order valence-electron chi connectivity index (χ2n) is 20.2. The van der Waals surface area contributed by atoms with Crippen molar-refractivity contribution in [3.05, 3.63) is 118 Å². The van der Waals surface area contributed by atoms with Crippen LogP contribution in [0.5, 0.6) is 0 Å². The van der Waals surface area contributed by atoms with Crippen LogP contribution in [0.1, 0.15) is 97.6 Å². The molecule has 1 aliphatic heterocycles. The third-order valence-electron chi connectivity index (χ3n) is 13.2. The number of amides is 5. The van der Waals surface area contributed by atoms with E-state index in [9.17, 15) is 42.3 Å². The Kier molecular flexibility index (Phi) is 19.4. The van der Waals surface area contributed by atoms with Crippen molar-refractivity contribution in [3.63, 3.8) is 0 Å². The maximum absolute atomic E-state index is 14.0. The molecule has 0 bridgehead atoms. The van der Waals surface area contributed by atoms with Gasteiger partial charge < -0.3 is 40.7 Å². The maximum Gasteiger partial charge on any atom is 0.416 e. The topological polar surface area (TPSA) is 206 Å². The van der Waals surface area contributed by atoms with Crippen LogP contribution in [0, 0.1) is 12.3 Å². The molecule has 20 heteroatoms. The molecule has 3 atom stereocenters. The fourth-order valence-electron chi connectivity index (χ4n) is 9.17. The summed E-state index contributed by atoms with van der Waals surface area (Å²) in [6, 6.07) is 18.5. The molecule has 0 saturated carbocycles. The van der Waals surface area contributed by atoms with Crippen molar-refractivity contribution in [2.24, 2.45) is 12.5 Å². The number of hydrogen-bond acceptors (Lipinski definition) is 11. The number of hydrogen-bond donors (Lipinski definition) is 5. The normalized spacial score (nSPS) is 15.2. The number of fused-ring (bicyclic) bond motifs is 3. The highest BCUT2D eigenvalue weighted by Gasteiger charge is 2.44. The number of aryl methyl sites for hydroxylation is 2. The summed E-state index contributed by atoms with van der Waals surface area (Å²) < 4.78 is 52.2. The van der Waals surface area contributed by atoms with Gasteiger partial charge in [-0.25, -0.2) is 4.98 Å². The molecule has 5 amide bonds. The van der Waals surface area contributed by atoms with E-state index in [4.69, 9.17) is 9.47 Å². The first-order chi connectivity index (χ1) is 36.2. The standard InChI is InChI=1S/C56H67F3N8O8S/c1-35-50(76-34-63-35)38-15-11-37(12-16-38)31-62-53(72)46-30-43(68)32-67(46)54(73)51(55(2,3)4)64-48(70)10-8-6-7-9-47(69)60-21-23-74-25-26-75-24-22-61-52(71)40-18-17-39-28-41(49-45(44(39)29-40)33-66(5)65-49)27-36-13-19-42(20-14-36)56(57,58)59/h11-20,28-29,33-34,43,46,51,68H,6-10,21-27,30-32H2,1-5H3,(H,60,69)(H,61,71)(H,62,72)(H,64,70)/t43-,46+,51-/m1/s1. The number of halogens is 3. The van der Waals surface area contributed by atoms with Crippen molar-refractivity contribution < 1.29 is 51.7 Å². The van der Waals surface area contributed by atoms with Gasteiger partial charge in [-0.3, -0.25) is 28.7 Å². The van der Waals surface area contributed by atoms with Crippen LogP contribution < -0.4 is 21.3 Å². The molecule has 6 aromatic rings. The van der Waals surface area contributed by atoms with E-state index >= 15 is 0 Å². The zero-order valence-corrected chi connectivity index (χ0v) is 44.4. The minimum Gasteiger partial charge on any atom is -0.391 e. The molecule has 1 fully saturated rings. The molecular formula is C56H67F3N8O8S. The first-order valence-corrected chi connectivity index (χ1v) is 26.4. The van der Waals surface area contributed by atoms with Gasteiger partial charge in [-0.05, 0) is 95.0 Å². The van der Waals surface area contributed by atoms with Gasteiger partial charge in [0.1, 0.15) is 12.1 Å². The van der Waals surface area contributed by atoms with Crippen molar-refractivity contribution in [1.29, 1.82) is 0 Å². The number of likely N-dealkylation sites (tertiary alicyclic amines) is 1. The molecule has 1 aliphatic rings. The highest BCUT2D eigenvalue weighted by Crippen LogP contribution is 2.33. The predicted molar refractivity (Wildman–Crippen MR) is 284 cm³/mol. The van der Waals surface area contributed by atoms with Crippen molar-refractivity contribution >= 4 is 62.5 Å². The lowest BCUT2D eigenvalue weighted by Crippen LogP contribution is -2.57. The number of carbonyl (C=O) groups excluding carboxylic acids is 5. The van der Waals surface area contributed by atoms with Crippen LogP contribution >= 0.6 is 11.3 Å². The summed E-state index contributed by atoms with van der Waals surface area (Å²) in [6.07, 6.45) is -0.812. The number of rotatable bonds is 24. The highest BCUT2D eigenvalue weighted by molar-refractivity contribution is 7.13. The molecule has 406 valence electrons. The van der Waals surface area contributed by atoms with Crippen molar-refractivity contribution in [2.45, 2.75) is 104 Å². The lowest BCUT2D eigenvalue weighted by atomic mass is 9.85. The second-order valence-corrected chi connectivity index (χ2v) is 21.1. The summed E-state index contributed by atoms with van der Waals surface area (Å²) in [6.45, 7) is 9.41. The van der Waals surface area contributed by atoms with Crippen LogP contribution in [-0.2, 0) is 54.8 Å². The summed E-state index contributed by atoms with van der Waals surface area (Å²) in [5.74, 6) is -1.53. The van der Waals surface area contributed by atoms with Crippen molar-refractivity contribution in [3.8, 4) is 10.4 Å². The van der Waals surface area contributed by atoms with Gasteiger partial charge in [0, 0.05) is 69.6 Å². The van der Waals surface area contributed by atoms with Crippen LogP contribution in [0.25, 0.3) is 32.1 Å². The monoisotopic (exact) mass is 1070 g/mol. The summed E-state index contributed by atoms with van der Waals surface area (Å²) in [7, 11) is 1.79. The first kappa shape index (κ1) is 57.0. The van der Waals surface area contributed by atoms with E-state index in [0.29, 0.717) is 49.9 Å². The molecule has 16 nitrogen and oxygen atoms in total. The molecule has 2 aromatic heterocycles. The average Bonchev–Trinajstić information content (AvgIpc) is 4.13. The first-order valence-electron chi connectivity index (χ1n) is 25.6. The Morgan fingerprint density at radius 1 is 0.816 bits per heavy atom. The minimum atomic E-state index is -4.41. The molecule has 1 saturated heterocycles. The van der Waals surface area contributed by atoms with E-state index in [1.165, 1.54) is 17.0 Å². The summed E-state index contributed by atoms with van der Waals surface area (Å²) in [5, 5.41) is 29.2. The van der Waals surface area contributed by atoms with E-state index in [0.717, 1.165) is 61.1 Å². The zero-order chi connectivity index (χ0) is 54.6. The van der Waals surface area contributed by atoms with E-state index in [2.05, 4.69) is 31.3 Å². The van der Waals surface area contributed by atoms with Crippen LogP contribution in [-0.4, -0.2) is 119 Å². The third-order valence-corrected chi connectivity index (χ3v) is 14.2. The number of aliphatic hydroxyl groups excluding tert-OH is 1. The Balaban J connectivity index is 0.734. The van der Waals surface area contributed by atoms with Gasteiger partial charge in [-0.15, -0.1) is 11.3 Å². The highest BCUT2D eigenvalue weighted by atomic mass is 32.1. The predicted octanol–water partition coefficient (Wildman–Crippen LogP) is 7.41. The number of ether oxygens (including phenoxy) is 2. The van der Waals surface area contributed by atoms with Crippen LogP contribution in [0.3, 0.4) is 0 Å². The number of nitrogens with one attached hydrogen (secondary N) is 4. The SMILES string of the molecule is Cc1ncsc1-c1ccc(CNC(=O)[C@@H]2C[C@@H](O)CN2C(=O)[C@@H](NC(=O)CCCCCC(=O)NCCOCCOCCNC(=O)c2ccc3cc(Cc4ccc(C(F)(F)F)cc4)c4nn(C)cc4c3c2)C(C)(C)C)cc1. The molecule has 7 rings (SSSR count). The maximum atomic E-state index is 14.0. The van der Waals surface area contributed by atoms with E-state index in [-0.39, 0.29) is 82.3 Å². The Hall–Kier alpha value is -6.74. The number of nitrogens with zero attached hydrogens (tertiary/aromatic N) is 4. The fourth-order valence-corrected chi connectivity index (χ4v) is 9.99. The summed E-state index contributed by atoms with van der Waals surface area (Å²) in [5.41, 5.74) is 6.04. The van der Waals surface area contributed by atoms with Crippen molar-refractivity contribution in [2.75, 3.05) is 46.1 Å². The molecule has 3 heterocycles. The molecule has 0 unspecified atom stereocenters. The number of alkyl halides is 3. The molecule has 0 spiro atoms. The van der Waals surface area contributed by atoms with Gasteiger partial charge in [0.25, 0.3) is 5.91 Å².